The molecule has 1 amide bonds. The summed E-state index contributed by atoms with van der Waals surface area (Å²) in [5, 5.41) is 23.5. The lowest BCUT2D eigenvalue weighted by atomic mass is 10.1. The Morgan fingerprint density at radius 2 is 2.18 bits per heavy atom. The standard InChI is InChI=1S/C16H19N3O3/c1-3-14(10-20)18-9-13(8-17)16(22)19-15-6-4-5-12(7-15)11(2)21/h4-7,9,14,18,20H,3,10H2,1-2H3,(H,19,22)/b13-9-. The topological polar surface area (TPSA) is 102 Å². The molecule has 0 aliphatic heterocycles. The number of ketones is 1. The zero-order valence-electron chi connectivity index (χ0n) is 12.6. The number of Topliss-reactive ketones (excluding diaryl/α,β-unsaturated/α-hetero) is 1. The van der Waals surface area contributed by atoms with Crippen molar-refractivity contribution in [3.8, 4) is 6.07 Å². The van der Waals surface area contributed by atoms with E-state index < -0.39 is 5.91 Å². The van der Waals surface area contributed by atoms with Crippen LogP contribution in [-0.2, 0) is 4.79 Å². The van der Waals surface area contributed by atoms with E-state index in [1.165, 1.54) is 13.1 Å². The van der Waals surface area contributed by atoms with E-state index in [0.29, 0.717) is 17.7 Å². The smallest absolute Gasteiger partial charge is 0.267 e. The number of carbonyl (C=O) groups excluding carboxylic acids is 2. The zero-order valence-corrected chi connectivity index (χ0v) is 12.6. The summed E-state index contributed by atoms with van der Waals surface area (Å²) in [6.07, 6.45) is 1.95. The number of aliphatic hydroxyl groups is 1. The van der Waals surface area contributed by atoms with Crippen molar-refractivity contribution in [2.45, 2.75) is 26.3 Å². The van der Waals surface area contributed by atoms with Gasteiger partial charge in [0.1, 0.15) is 11.6 Å². The van der Waals surface area contributed by atoms with Gasteiger partial charge in [0.15, 0.2) is 5.78 Å². The molecule has 0 fully saturated rings. The second-order valence-corrected chi connectivity index (χ2v) is 4.72. The predicted octanol–water partition coefficient (Wildman–Crippen LogP) is 1.60. The van der Waals surface area contributed by atoms with Crippen molar-refractivity contribution in [3.05, 3.63) is 41.6 Å². The third-order valence-electron chi connectivity index (χ3n) is 3.07. The first-order valence-electron chi connectivity index (χ1n) is 6.91. The molecule has 1 aromatic rings. The van der Waals surface area contributed by atoms with Crippen LogP contribution in [0.25, 0.3) is 0 Å². The van der Waals surface area contributed by atoms with E-state index in [1.807, 2.05) is 6.92 Å². The summed E-state index contributed by atoms with van der Waals surface area (Å²) in [7, 11) is 0. The Hall–Kier alpha value is -2.65. The van der Waals surface area contributed by atoms with Crippen LogP contribution in [0.5, 0.6) is 0 Å². The molecule has 3 N–H and O–H groups in total. The van der Waals surface area contributed by atoms with Crippen LogP contribution in [0.4, 0.5) is 5.69 Å². The molecule has 1 unspecified atom stereocenters. The largest absolute Gasteiger partial charge is 0.394 e. The predicted molar refractivity (Wildman–Crippen MR) is 83.1 cm³/mol. The van der Waals surface area contributed by atoms with Gasteiger partial charge in [0.25, 0.3) is 5.91 Å². The first kappa shape index (κ1) is 17.4. The van der Waals surface area contributed by atoms with Gasteiger partial charge in [-0.15, -0.1) is 0 Å². The third kappa shape index (κ3) is 5.04. The number of anilines is 1. The maximum Gasteiger partial charge on any atom is 0.267 e. The van der Waals surface area contributed by atoms with E-state index in [4.69, 9.17) is 10.4 Å². The molecule has 0 radical (unpaired) electrons. The van der Waals surface area contributed by atoms with Crippen LogP contribution in [0, 0.1) is 11.3 Å². The Morgan fingerprint density at radius 1 is 1.45 bits per heavy atom. The number of nitriles is 1. The Balaban J connectivity index is 2.81. The number of aliphatic hydroxyl groups excluding tert-OH is 1. The average molecular weight is 301 g/mol. The Morgan fingerprint density at radius 3 is 2.73 bits per heavy atom. The monoisotopic (exact) mass is 301 g/mol. The number of nitrogens with one attached hydrogen (secondary N) is 2. The van der Waals surface area contributed by atoms with Crippen molar-refractivity contribution in [3.63, 3.8) is 0 Å². The van der Waals surface area contributed by atoms with Crippen LogP contribution in [0.15, 0.2) is 36.0 Å². The summed E-state index contributed by atoms with van der Waals surface area (Å²) >= 11 is 0. The van der Waals surface area contributed by atoms with E-state index in [2.05, 4.69) is 10.6 Å². The molecule has 1 aromatic carbocycles. The van der Waals surface area contributed by atoms with Gasteiger partial charge in [-0.3, -0.25) is 9.59 Å². The van der Waals surface area contributed by atoms with E-state index in [9.17, 15) is 9.59 Å². The van der Waals surface area contributed by atoms with Crippen LogP contribution >= 0.6 is 0 Å². The molecule has 22 heavy (non-hydrogen) atoms. The van der Waals surface area contributed by atoms with Gasteiger partial charge >= 0.3 is 0 Å². The molecular weight excluding hydrogens is 282 g/mol. The minimum absolute atomic E-state index is 0.0893. The first-order chi connectivity index (χ1) is 10.5. The summed E-state index contributed by atoms with van der Waals surface area (Å²) in [6.45, 7) is 3.22. The molecule has 6 nitrogen and oxygen atoms in total. The van der Waals surface area contributed by atoms with Gasteiger partial charge in [-0.2, -0.15) is 5.26 Å². The summed E-state index contributed by atoms with van der Waals surface area (Å²) < 4.78 is 0. The quantitative estimate of drug-likeness (QED) is 0.403. The van der Waals surface area contributed by atoms with Crippen LogP contribution in [-0.4, -0.2) is 29.4 Å². The maximum atomic E-state index is 12.0. The Labute approximate surface area is 129 Å². The lowest BCUT2D eigenvalue weighted by molar-refractivity contribution is -0.112. The molecule has 0 aliphatic carbocycles. The number of carbonyl (C=O) groups is 2. The van der Waals surface area contributed by atoms with Crippen molar-refractivity contribution in [1.29, 1.82) is 5.26 Å². The minimum Gasteiger partial charge on any atom is -0.394 e. The fourth-order valence-corrected chi connectivity index (χ4v) is 1.66. The summed E-state index contributed by atoms with van der Waals surface area (Å²) in [5.74, 6) is -0.689. The van der Waals surface area contributed by atoms with Gasteiger partial charge in [0.2, 0.25) is 0 Å². The lowest BCUT2D eigenvalue weighted by Gasteiger charge is -2.12. The molecule has 116 valence electrons. The lowest BCUT2D eigenvalue weighted by Crippen LogP contribution is -2.28. The second-order valence-electron chi connectivity index (χ2n) is 4.72. The molecule has 1 atom stereocenters. The molecule has 0 aliphatic rings. The van der Waals surface area contributed by atoms with Crippen molar-refractivity contribution >= 4 is 17.4 Å². The summed E-state index contributed by atoms with van der Waals surface area (Å²) in [4.78, 5) is 23.3. The number of amides is 1. The number of hydrogen-bond acceptors (Lipinski definition) is 5. The van der Waals surface area contributed by atoms with E-state index >= 15 is 0 Å². The SMILES string of the molecule is CCC(CO)N/C=C(/C#N)C(=O)Nc1cccc(C(C)=O)c1. The highest BCUT2D eigenvalue weighted by Crippen LogP contribution is 2.12. The molecule has 0 spiro atoms. The second kappa shape index (κ2) is 8.60. The van der Waals surface area contributed by atoms with E-state index in [1.54, 1.807) is 30.3 Å². The van der Waals surface area contributed by atoms with Crippen molar-refractivity contribution in [2.75, 3.05) is 11.9 Å². The molecule has 1 rings (SSSR count). The number of rotatable bonds is 7. The Kier molecular flexibility index (Phi) is 6.80. The zero-order chi connectivity index (χ0) is 16.5. The van der Waals surface area contributed by atoms with Gasteiger partial charge in [-0.05, 0) is 25.5 Å². The average Bonchev–Trinajstić information content (AvgIpc) is 2.52. The number of nitrogens with zero attached hydrogens (tertiary/aromatic N) is 1. The molecule has 0 saturated carbocycles. The van der Waals surface area contributed by atoms with Crippen molar-refractivity contribution in [2.24, 2.45) is 0 Å². The minimum atomic E-state index is -0.580. The van der Waals surface area contributed by atoms with Crippen LogP contribution in [0.3, 0.4) is 0 Å². The normalized spacial score (nSPS) is 12.2. The third-order valence-corrected chi connectivity index (χ3v) is 3.07. The molecule has 0 saturated heterocycles. The van der Waals surface area contributed by atoms with Crippen molar-refractivity contribution in [1.82, 2.24) is 5.32 Å². The van der Waals surface area contributed by atoms with Crippen LogP contribution in [0.2, 0.25) is 0 Å². The van der Waals surface area contributed by atoms with E-state index in [-0.39, 0.29) is 24.0 Å². The summed E-state index contributed by atoms with van der Waals surface area (Å²) in [6, 6.07) is 8.07. The van der Waals surface area contributed by atoms with Gasteiger partial charge in [-0.25, -0.2) is 0 Å². The van der Waals surface area contributed by atoms with Crippen LogP contribution < -0.4 is 10.6 Å². The molecular formula is C16H19N3O3. The van der Waals surface area contributed by atoms with Gasteiger partial charge in [-0.1, -0.05) is 19.1 Å². The fraction of sp³-hybridized carbons (Fsp3) is 0.312. The molecule has 0 bridgehead atoms. The molecule has 0 aromatic heterocycles. The van der Waals surface area contributed by atoms with Gasteiger partial charge in [0, 0.05) is 23.5 Å². The number of hydrogen-bond donors (Lipinski definition) is 3. The van der Waals surface area contributed by atoms with Crippen molar-refractivity contribution < 1.29 is 14.7 Å². The van der Waals surface area contributed by atoms with E-state index in [0.717, 1.165) is 0 Å². The van der Waals surface area contributed by atoms with Gasteiger partial charge in [0.05, 0.1) is 6.61 Å². The fourth-order valence-electron chi connectivity index (χ4n) is 1.66. The highest BCUT2D eigenvalue weighted by Gasteiger charge is 2.11. The Bertz CT molecular complexity index is 613. The van der Waals surface area contributed by atoms with Crippen LogP contribution in [0.1, 0.15) is 30.6 Å². The highest BCUT2D eigenvalue weighted by molar-refractivity contribution is 6.07. The summed E-state index contributed by atoms with van der Waals surface area (Å²) in [5.41, 5.74) is 0.804. The number of benzene rings is 1. The van der Waals surface area contributed by atoms with Gasteiger partial charge < -0.3 is 15.7 Å². The molecule has 0 heterocycles. The molecule has 6 heteroatoms. The maximum absolute atomic E-state index is 12.0. The first-order valence-corrected chi connectivity index (χ1v) is 6.91. The highest BCUT2D eigenvalue weighted by atomic mass is 16.3.